The highest BCUT2D eigenvalue weighted by molar-refractivity contribution is 7.07. The highest BCUT2D eigenvalue weighted by atomic mass is 32.1. The molecule has 52 heavy (non-hydrogen) atoms. The van der Waals surface area contributed by atoms with Gasteiger partial charge in [-0.2, -0.15) is 4.98 Å². The van der Waals surface area contributed by atoms with Crippen LogP contribution in [0.5, 0.6) is 0 Å². The van der Waals surface area contributed by atoms with Crippen molar-refractivity contribution in [1.29, 1.82) is 0 Å². The van der Waals surface area contributed by atoms with E-state index >= 15 is 0 Å². The fraction of sp³-hybridized carbons (Fsp3) is 0.205. The van der Waals surface area contributed by atoms with Crippen LogP contribution in [-0.2, 0) is 10.8 Å². The number of carbonyl (C=O) groups is 1. The largest absolute Gasteiger partial charge is 0.398 e. The van der Waals surface area contributed by atoms with Gasteiger partial charge < -0.3 is 14.3 Å². The lowest BCUT2D eigenvalue weighted by atomic mass is 10.1. The number of carbonyl (C=O) groups excluding carboxylic acids is 1. The van der Waals surface area contributed by atoms with E-state index in [4.69, 9.17) is 8.95 Å². The monoisotopic (exact) mass is 734 g/mol. The Bertz CT molecular complexity index is 2270. The minimum absolute atomic E-state index is 0.0195. The maximum absolute atomic E-state index is 14.9. The number of aryl methyl sites for hydroxylation is 1. The molecule has 7 rings (SSSR count). The highest BCUT2D eigenvalue weighted by Crippen LogP contribution is 2.38. The lowest BCUT2D eigenvalue weighted by Gasteiger charge is -2.44. The first-order valence-electron chi connectivity index (χ1n) is 16.7. The first-order valence-corrected chi connectivity index (χ1v) is 19.6. The Morgan fingerprint density at radius 1 is 0.962 bits per heavy atom. The van der Waals surface area contributed by atoms with E-state index in [-0.39, 0.29) is 24.0 Å². The molecule has 0 aliphatic rings. The summed E-state index contributed by atoms with van der Waals surface area (Å²) in [6.45, 7) is 7.98. The van der Waals surface area contributed by atoms with Crippen LogP contribution in [0.1, 0.15) is 42.7 Å². The minimum atomic E-state index is -3.29. The Labute approximate surface area is 304 Å². The minimum Gasteiger partial charge on any atom is -0.398 e. The van der Waals surface area contributed by atoms with Crippen LogP contribution in [0, 0.1) is 6.92 Å². The summed E-state index contributed by atoms with van der Waals surface area (Å²) in [4.78, 5) is 26.8. The van der Waals surface area contributed by atoms with E-state index in [1.165, 1.54) is 17.5 Å². The first-order chi connectivity index (χ1) is 25.0. The van der Waals surface area contributed by atoms with Crippen LogP contribution in [-0.4, -0.2) is 51.3 Å². The van der Waals surface area contributed by atoms with Gasteiger partial charge in [0.2, 0.25) is 11.7 Å². The molecule has 1 unspecified atom stereocenters. The Kier molecular flexibility index (Phi) is 9.66. The third-order valence-corrected chi connectivity index (χ3v) is 14.7. The predicted octanol–water partition coefficient (Wildman–Crippen LogP) is 7.82. The Morgan fingerprint density at radius 3 is 2.29 bits per heavy atom. The molecule has 0 fully saturated rings. The summed E-state index contributed by atoms with van der Waals surface area (Å²) in [6, 6.07) is 28.4. The smallest absolute Gasteiger partial charge is 0.274 e. The van der Waals surface area contributed by atoms with Crippen molar-refractivity contribution in [2.24, 2.45) is 0 Å². The zero-order chi connectivity index (χ0) is 36.5. The molecule has 0 aliphatic carbocycles. The van der Waals surface area contributed by atoms with Crippen LogP contribution >= 0.6 is 11.3 Å². The third kappa shape index (κ3) is 6.82. The summed E-state index contributed by atoms with van der Waals surface area (Å²) in [5, 5.41) is 10.3. The van der Waals surface area contributed by atoms with Gasteiger partial charge in [0.05, 0.1) is 23.8 Å². The number of fused-ring (bicyclic) bond motifs is 1. The van der Waals surface area contributed by atoms with E-state index in [1.807, 2.05) is 118 Å². The first kappa shape index (κ1) is 35.0. The molecule has 4 heterocycles. The van der Waals surface area contributed by atoms with Gasteiger partial charge in [0, 0.05) is 28.4 Å². The van der Waals surface area contributed by atoms with Crippen molar-refractivity contribution in [3.8, 4) is 22.6 Å². The summed E-state index contributed by atoms with van der Waals surface area (Å²) in [5.41, 5.74) is 6.26. The van der Waals surface area contributed by atoms with Gasteiger partial charge in [-0.3, -0.25) is 9.20 Å². The van der Waals surface area contributed by atoms with Crippen LogP contribution < -0.4 is 15.7 Å². The van der Waals surface area contributed by atoms with Crippen molar-refractivity contribution in [3.05, 3.63) is 131 Å². The predicted molar refractivity (Wildman–Crippen MR) is 201 cm³/mol. The zero-order valence-corrected chi connectivity index (χ0v) is 30.8. The quantitative estimate of drug-likeness (QED) is 0.135. The molecule has 1 N–H and O–H groups in total. The molecule has 0 saturated heterocycles. The van der Waals surface area contributed by atoms with E-state index in [1.54, 1.807) is 22.0 Å². The number of nitrogens with zero attached hydrogens (tertiary/aromatic N) is 5. The number of nitrogens with one attached hydrogen (secondary N) is 1. The number of anilines is 1. The molecule has 1 atom stereocenters. The number of aromatic nitrogens is 5. The third-order valence-electron chi connectivity index (χ3n) is 9.08. The fourth-order valence-electron chi connectivity index (χ4n) is 6.46. The molecular formula is C39H36F2N6O3SSi. The highest BCUT2D eigenvalue weighted by Gasteiger charge is 2.52. The molecule has 264 valence electrons. The molecule has 1 amide bonds. The number of halogens is 2. The lowest BCUT2D eigenvalue weighted by Crippen LogP contribution is -2.68. The number of imidazole rings is 1. The molecule has 13 heteroatoms. The average Bonchev–Trinajstić information content (AvgIpc) is 3.93. The number of hydrogen-bond donors (Lipinski definition) is 1. The van der Waals surface area contributed by atoms with Gasteiger partial charge in [-0.15, -0.1) is 11.3 Å². The van der Waals surface area contributed by atoms with Crippen LogP contribution in [0.4, 0.5) is 14.5 Å². The van der Waals surface area contributed by atoms with Gasteiger partial charge in [0.1, 0.15) is 17.4 Å². The van der Waals surface area contributed by atoms with Gasteiger partial charge in [-0.25, -0.2) is 18.7 Å². The van der Waals surface area contributed by atoms with Gasteiger partial charge in [0.15, 0.2) is 0 Å². The van der Waals surface area contributed by atoms with Gasteiger partial charge in [0.25, 0.3) is 20.7 Å². The number of amides is 1. The molecule has 0 bridgehead atoms. The molecule has 4 aromatic heterocycles. The maximum Gasteiger partial charge on any atom is 0.274 e. The van der Waals surface area contributed by atoms with Crippen LogP contribution in [0.3, 0.4) is 0 Å². The van der Waals surface area contributed by atoms with Crippen molar-refractivity contribution in [2.45, 2.75) is 51.7 Å². The Hall–Kier alpha value is -5.37. The summed E-state index contributed by atoms with van der Waals surface area (Å²) >= 11 is 1.49. The lowest BCUT2D eigenvalue weighted by molar-refractivity contribution is 0.00243. The van der Waals surface area contributed by atoms with Gasteiger partial charge >= 0.3 is 0 Å². The summed E-state index contributed by atoms with van der Waals surface area (Å²) < 4.78 is 43.9. The average molecular weight is 735 g/mol. The molecular weight excluding hydrogens is 699 g/mol. The Morgan fingerprint density at radius 2 is 1.65 bits per heavy atom. The summed E-state index contributed by atoms with van der Waals surface area (Å²) in [5.74, 6) is -0.144. The fourth-order valence-corrected chi connectivity index (χ4v) is 11.7. The number of pyridine rings is 1. The van der Waals surface area contributed by atoms with Gasteiger partial charge in [-0.1, -0.05) is 98.7 Å². The van der Waals surface area contributed by atoms with Crippen molar-refractivity contribution in [3.63, 3.8) is 0 Å². The van der Waals surface area contributed by atoms with Crippen LogP contribution in [0.25, 0.3) is 28.3 Å². The second kappa shape index (κ2) is 14.3. The standard InChI is InChI=1S/C39H36F2N6O3SSi/c1-25-15-16-26(19-30(25)44-38(48)32-21-42-34-18-17-27(22-47(32)34)31-23-51-24-43-31)37-45-35(49-46-37)20-33(36(40)41)50-52(39(2,3)4,28-11-7-5-8-12-28)29-13-9-6-10-14-29/h5-19,21-24,33,36H,20H2,1-4H3,(H,44,48). The SMILES string of the molecule is Cc1ccc(-c2noc(CC(O[Si](c3ccccc3)(c3ccccc3)C(C)(C)C)C(F)F)n2)cc1NC(=O)c1cnc2ccc(-c3cscn3)cn12. The second-order valence-electron chi connectivity index (χ2n) is 13.5. The van der Waals surface area contributed by atoms with E-state index in [2.05, 4.69) is 25.4 Å². The molecule has 0 saturated carbocycles. The normalized spacial score (nSPS) is 12.8. The topological polar surface area (TPSA) is 107 Å². The summed E-state index contributed by atoms with van der Waals surface area (Å²) in [7, 11) is -3.29. The van der Waals surface area contributed by atoms with Gasteiger partial charge in [-0.05, 0) is 46.1 Å². The van der Waals surface area contributed by atoms with Crippen molar-refractivity contribution in [1.82, 2.24) is 24.5 Å². The number of rotatable bonds is 11. The number of benzene rings is 3. The van der Waals surface area contributed by atoms with E-state index in [9.17, 15) is 13.6 Å². The maximum atomic E-state index is 14.9. The van der Waals surface area contributed by atoms with Crippen LogP contribution in [0.2, 0.25) is 5.04 Å². The number of alkyl halides is 2. The molecule has 0 radical (unpaired) electrons. The number of thiazole rings is 1. The van der Waals surface area contributed by atoms with Crippen LogP contribution in [0.15, 0.2) is 119 Å². The molecule has 0 aliphatic heterocycles. The molecule has 3 aromatic carbocycles. The van der Waals surface area contributed by atoms with Crippen molar-refractivity contribution < 1.29 is 22.5 Å². The van der Waals surface area contributed by atoms with E-state index < -0.39 is 25.9 Å². The Balaban J connectivity index is 1.14. The second-order valence-corrected chi connectivity index (χ2v) is 18.5. The van der Waals surface area contributed by atoms with Crippen molar-refractivity contribution in [2.75, 3.05) is 5.32 Å². The van der Waals surface area contributed by atoms with E-state index in [0.29, 0.717) is 22.6 Å². The zero-order valence-electron chi connectivity index (χ0n) is 29.0. The summed E-state index contributed by atoms with van der Waals surface area (Å²) in [6.07, 6.45) is -1.28. The molecule has 9 nitrogen and oxygen atoms in total. The number of hydrogen-bond acceptors (Lipinski definition) is 8. The van der Waals surface area contributed by atoms with E-state index in [0.717, 1.165) is 27.2 Å². The van der Waals surface area contributed by atoms with Crippen molar-refractivity contribution >= 4 is 47.3 Å². The molecule has 0 spiro atoms. The molecule has 7 aromatic rings.